The van der Waals surface area contributed by atoms with Crippen molar-refractivity contribution in [3.8, 4) is 0 Å². The van der Waals surface area contributed by atoms with Crippen LogP contribution in [0.4, 0.5) is 5.82 Å². The first-order valence-corrected chi connectivity index (χ1v) is 6.25. The maximum atomic E-state index is 5.94. The lowest BCUT2D eigenvalue weighted by Gasteiger charge is -2.32. The number of anilines is 1. The molecular weight excluding hydrogens is 240 g/mol. The van der Waals surface area contributed by atoms with Crippen LogP contribution in [0.3, 0.4) is 0 Å². The van der Waals surface area contributed by atoms with Gasteiger partial charge in [0, 0.05) is 19.0 Å². The molecule has 17 heavy (non-hydrogen) atoms. The zero-order chi connectivity index (χ0) is 11.7. The Morgan fingerprint density at radius 2 is 2.35 bits per heavy atom. The van der Waals surface area contributed by atoms with E-state index in [4.69, 9.17) is 11.6 Å². The van der Waals surface area contributed by atoms with E-state index in [1.165, 1.54) is 6.42 Å². The lowest BCUT2D eigenvalue weighted by atomic mass is 10.0. The first-order valence-electron chi connectivity index (χ1n) is 5.71. The summed E-state index contributed by atoms with van der Waals surface area (Å²) in [6.07, 6.45) is 5.81. The quantitative estimate of drug-likeness (QED) is 0.746. The molecule has 1 aliphatic heterocycles. The lowest BCUT2D eigenvalue weighted by molar-refractivity contribution is 0.446. The Hall–Kier alpha value is -1.43. The molecule has 0 radical (unpaired) electrons. The summed E-state index contributed by atoms with van der Waals surface area (Å²) in [5, 5.41) is 11.6. The van der Waals surface area contributed by atoms with E-state index < -0.39 is 0 Å². The van der Waals surface area contributed by atoms with Gasteiger partial charge in [-0.25, -0.2) is 0 Å². The molecule has 0 bridgehead atoms. The van der Waals surface area contributed by atoms with Gasteiger partial charge in [0.15, 0.2) is 11.5 Å². The predicted octanol–water partition coefficient (Wildman–Crippen LogP) is 0.974. The Kier molecular flexibility index (Phi) is 2.80. The van der Waals surface area contributed by atoms with E-state index in [9.17, 15) is 0 Å². The van der Waals surface area contributed by atoms with Crippen molar-refractivity contribution < 1.29 is 0 Å². The average Bonchev–Trinajstić information content (AvgIpc) is 2.87. The molecule has 0 spiro atoms. The summed E-state index contributed by atoms with van der Waals surface area (Å²) in [6.45, 7) is 1.96. The molecule has 1 aliphatic rings. The van der Waals surface area contributed by atoms with Crippen molar-refractivity contribution in [2.45, 2.75) is 12.8 Å². The molecule has 7 heteroatoms. The van der Waals surface area contributed by atoms with Crippen molar-refractivity contribution in [2.24, 2.45) is 5.92 Å². The second-order valence-corrected chi connectivity index (χ2v) is 4.63. The number of fused-ring (bicyclic) bond motifs is 1. The SMILES string of the molecule is ClCC1CCCN(c2cncc3nnnn23)C1. The molecule has 0 N–H and O–H groups in total. The van der Waals surface area contributed by atoms with E-state index >= 15 is 0 Å². The largest absolute Gasteiger partial charge is 0.355 e. The van der Waals surface area contributed by atoms with Gasteiger partial charge in [-0.05, 0) is 29.2 Å². The normalized spacial score (nSPS) is 21.0. The molecule has 1 unspecified atom stereocenters. The highest BCUT2D eigenvalue weighted by atomic mass is 35.5. The fraction of sp³-hybridized carbons (Fsp3) is 0.600. The molecule has 1 atom stereocenters. The Morgan fingerprint density at radius 1 is 1.41 bits per heavy atom. The van der Waals surface area contributed by atoms with Gasteiger partial charge in [0.1, 0.15) is 0 Å². The molecule has 0 aliphatic carbocycles. The van der Waals surface area contributed by atoms with Crippen molar-refractivity contribution in [3.63, 3.8) is 0 Å². The van der Waals surface area contributed by atoms with Gasteiger partial charge in [-0.1, -0.05) is 0 Å². The summed E-state index contributed by atoms with van der Waals surface area (Å²) in [5.41, 5.74) is 0.676. The van der Waals surface area contributed by atoms with Gasteiger partial charge < -0.3 is 4.90 Å². The zero-order valence-electron chi connectivity index (χ0n) is 9.33. The minimum Gasteiger partial charge on any atom is -0.355 e. The van der Waals surface area contributed by atoms with Crippen LogP contribution in [0.1, 0.15) is 12.8 Å². The third kappa shape index (κ3) is 1.93. The van der Waals surface area contributed by atoms with Crippen molar-refractivity contribution in [1.82, 2.24) is 25.0 Å². The van der Waals surface area contributed by atoms with E-state index in [1.54, 1.807) is 16.9 Å². The van der Waals surface area contributed by atoms with Crippen molar-refractivity contribution >= 4 is 23.1 Å². The van der Waals surface area contributed by atoms with Crippen LogP contribution in [0.15, 0.2) is 12.4 Å². The van der Waals surface area contributed by atoms with Crippen LogP contribution in [0.25, 0.3) is 5.65 Å². The Morgan fingerprint density at radius 3 is 3.24 bits per heavy atom. The number of tetrazole rings is 1. The monoisotopic (exact) mass is 252 g/mol. The first-order chi connectivity index (χ1) is 8.38. The van der Waals surface area contributed by atoms with Crippen molar-refractivity contribution in [3.05, 3.63) is 12.4 Å². The molecule has 3 rings (SSSR count). The van der Waals surface area contributed by atoms with E-state index in [2.05, 4.69) is 25.4 Å². The molecule has 0 amide bonds. The highest BCUT2D eigenvalue weighted by molar-refractivity contribution is 6.18. The van der Waals surface area contributed by atoms with Crippen LogP contribution in [0.5, 0.6) is 0 Å². The highest BCUT2D eigenvalue weighted by Crippen LogP contribution is 2.23. The average molecular weight is 253 g/mol. The van der Waals surface area contributed by atoms with E-state index in [0.717, 1.165) is 25.3 Å². The standard InChI is InChI=1S/C10H13ClN6/c11-4-8-2-1-3-16(7-8)10-6-12-5-9-13-14-15-17(9)10/h5-6,8H,1-4,7H2. The minimum absolute atomic E-state index is 0.539. The van der Waals surface area contributed by atoms with Gasteiger partial charge in [-0.3, -0.25) is 4.98 Å². The number of alkyl halides is 1. The molecule has 90 valence electrons. The summed E-state index contributed by atoms with van der Waals surface area (Å²) in [6, 6.07) is 0. The van der Waals surface area contributed by atoms with Crippen LogP contribution in [-0.2, 0) is 0 Å². The van der Waals surface area contributed by atoms with Gasteiger partial charge in [0.25, 0.3) is 0 Å². The van der Waals surface area contributed by atoms with Crippen LogP contribution in [-0.4, -0.2) is 44.0 Å². The number of halogens is 1. The molecule has 3 heterocycles. The number of rotatable bonds is 2. The van der Waals surface area contributed by atoms with Crippen LogP contribution < -0.4 is 4.90 Å². The van der Waals surface area contributed by atoms with E-state index in [1.807, 2.05) is 0 Å². The summed E-state index contributed by atoms with van der Waals surface area (Å²) in [7, 11) is 0. The van der Waals surface area contributed by atoms with Crippen LogP contribution in [0, 0.1) is 5.92 Å². The lowest BCUT2D eigenvalue weighted by Crippen LogP contribution is -2.37. The summed E-state index contributed by atoms with van der Waals surface area (Å²) in [4.78, 5) is 6.43. The second kappa shape index (κ2) is 4.44. The van der Waals surface area contributed by atoms with Crippen LogP contribution >= 0.6 is 11.6 Å². The fourth-order valence-corrected chi connectivity index (χ4v) is 2.53. The molecule has 1 fully saturated rings. The third-order valence-corrected chi connectivity index (χ3v) is 3.59. The van der Waals surface area contributed by atoms with Gasteiger partial charge >= 0.3 is 0 Å². The number of nitrogens with zero attached hydrogens (tertiary/aromatic N) is 6. The maximum absolute atomic E-state index is 5.94. The maximum Gasteiger partial charge on any atom is 0.199 e. The Balaban J connectivity index is 1.94. The first kappa shape index (κ1) is 10.7. The smallest absolute Gasteiger partial charge is 0.199 e. The Labute approximate surface area is 104 Å². The van der Waals surface area contributed by atoms with Gasteiger partial charge in [0.2, 0.25) is 0 Å². The topological polar surface area (TPSA) is 59.2 Å². The second-order valence-electron chi connectivity index (χ2n) is 4.32. The molecular formula is C10H13ClN6. The summed E-state index contributed by atoms with van der Waals surface area (Å²) in [5.74, 6) is 2.19. The molecule has 2 aromatic rings. The van der Waals surface area contributed by atoms with E-state index in [0.29, 0.717) is 17.4 Å². The zero-order valence-corrected chi connectivity index (χ0v) is 10.1. The molecule has 0 aromatic carbocycles. The van der Waals surface area contributed by atoms with Crippen LogP contribution in [0.2, 0.25) is 0 Å². The minimum atomic E-state index is 0.539. The number of piperidine rings is 1. The summed E-state index contributed by atoms with van der Waals surface area (Å²) < 4.78 is 1.73. The number of hydrogen-bond acceptors (Lipinski definition) is 5. The van der Waals surface area contributed by atoms with Gasteiger partial charge in [-0.15, -0.1) is 16.7 Å². The van der Waals surface area contributed by atoms with Crippen molar-refractivity contribution in [2.75, 3.05) is 23.9 Å². The fourth-order valence-electron chi connectivity index (χ4n) is 2.28. The van der Waals surface area contributed by atoms with Crippen molar-refractivity contribution in [1.29, 1.82) is 0 Å². The van der Waals surface area contributed by atoms with Gasteiger partial charge in [0.05, 0.1) is 12.4 Å². The van der Waals surface area contributed by atoms with E-state index in [-0.39, 0.29) is 0 Å². The number of aromatic nitrogens is 5. The highest BCUT2D eigenvalue weighted by Gasteiger charge is 2.21. The third-order valence-electron chi connectivity index (χ3n) is 3.15. The summed E-state index contributed by atoms with van der Waals surface area (Å²) >= 11 is 5.94. The molecule has 0 saturated carbocycles. The molecule has 1 saturated heterocycles. The number of hydrogen-bond donors (Lipinski definition) is 0. The Bertz CT molecular complexity index is 512. The predicted molar refractivity (Wildman–Crippen MR) is 64.2 cm³/mol. The molecule has 2 aromatic heterocycles. The van der Waals surface area contributed by atoms with Gasteiger partial charge in [-0.2, -0.15) is 4.52 Å². The molecule has 6 nitrogen and oxygen atoms in total.